The van der Waals surface area contributed by atoms with Crippen molar-refractivity contribution in [2.75, 3.05) is 13.7 Å². The summed E-state index contributed by atoms with van der Waals surface area (Å²) in [5, 5.41) is 34.2. The largest absolute Gasteiger partial charge is 0.493 e. The topological polar surface area (TPSA) is 175 Å². The van der Waals surface area contributed by atoms with Gasteiger partial charge in [-0.2, -0.15) is 5.26 Å². The van der Waals surface area contributed by atoms with Crippen molar-refractivity contribution in [3.63, 3.8) is 0 Å². The summed E-state index contributed by atoms with van der Waals surface area (Å²) in [5.74, 6) is -1.75. The van der Waals surface area contributed by atoms with Gasteiger partial charge < -0.3 is 14.8 Å². The van der Waals surface area contributed by atoms with Crippen molar-refractivity contribution < 1.29 is 28.9 Å². The Morgan fingerprint density at radius 2 is 1.76 bits per heavy atom. The monoisotopic (exact) mass is 466 g/mol. The highest BCUT2D eigenvalue weighted by molar-refractivity contribution is 6.01. The zero-order valence-corrected chi connectivity index (χ0v) is 18.1. The molecule has 0 aromatic heterocycles. The maximum Gasteiger partial charge on any atom is 0.344 e. The summed E-state index contributed by atoms with van der Waals surface area (Å²) in [6, 6.07) is 7.68. The van der Waals surface area contributed by atoms with Gasteiger partial charge in [0.25, 0.3) is 17.3 Å². The van der Waals surface area contributed by atoms with Crippen molar-refractivity contribution in [3.8, 4) is 17.6 Å². The summed E-state index contributed by atoms with van der Waals surface area (Å²) in [7, 11) is 1.28. The van der Waals surface area contributed by atoms with Crippen molar-refractivity contribution in [1.82, 2.24) is 5.32 Å². The van der Waals surface area contributed by atoms with Gasteiger partial charge in [0.15, 0.2) is 11.5 Å². The molecule has 2 aromatic rings. The molecule has 174 valence electrons. The van der Waals surface area contributed by atoms with Crippen LogP contribution in [0.2, 0.25) is 0 Å². The Morgan fingerprint density at radius 3 is 2.26 bits per heavy atom. The molecule has 0 unspecified atom stereocenters. The first kappa shape index (κ1) is 25.2. The molecule has 0 bridgehead atoms. The fourth-order valence-electron chi connectivity index (χ4n) is 2.77. The minimum Gasteiger partial charge on any atom is -0.493 e. The highest BCUT2D eigenvalue weighted by Gasteiger charge is 2.26. The average Bonchev–Trinajstić information content (AvgIpc) is 2.81. The number of nitro groups is 2. The Morgan fingerprint density at radius 1 is 1.15 bits per heavy atom. The fourth-order valence-corrected chi connectivity index (χ4v) is 2.77. The standard InChI is InChI=1S/C22H18N4O8/c1-4-7-24-21(27)16(12-23)8-14-5-6-19(20(9-14)33-3)34-22(28)15-10-17(25(29)30)13(2)18(11-15)26(31)32/h4-6,8-11H,1,7H2,2-3H3,(H,24,27)/b16-8+. The van der Waals surface area contributed by atoms with E-state index in [1.54, 1.807) is 6.07 Å². The Balaban J connectivity index is 2.39. The lowest BCUT2D eigenvalue weighted by Crippen LogP contribution is -2.24. The molecule has 2 aromatic carbocycles. The van der Waals surface area contributed by atoms with Gasteiger partial charge in [-0.05, 0) is 30.7 Å². The molecule has 2 rings (SSSR count). The van der Waals surface area contributed by atoms with Gasteiger partial charge in [-0.15, -0.1) is 6.58 Å². The zero-order chi connectivity index (χ0) is 25.4. The van der Waals surface area contributed by atoms with E-state index in [9.17, 15) is 35.1 Å². The summed E-state index contributed by atoms with van der Waals surface area (Å²) < 4.78 is 10.4. The van der Waals surface area contributed by atoms with Crippen molar-refractivity contribution >= 4 is 29.3 Å². The Hall–Kier alpha value is -5.05. The number of benzene rings is 2. The number of hydrogen-bond donors (Lipinski definition) is 1. The molecule has 0 aliphatic rings. The predicted molar refractivity (Wildman–Crippen MR) is 119 cm³/mol. The lowest BCUT2D eigenvalue weighted by atomic mass is 10.1. The number of hydrogen-bond acceptors (Lipinski definition) is 9. The second-order valence-corrected chi connectivity index (χ2v) is 6.62. The summed E-state index contributed by atoms with van der Waals surface area (Å²) in [4.78, 5) is 45.4. The number of ether oxygens (including phenoxy) is 2. The van der Waals surface area contributed by atoms with Crippen molar-refractivity contribution in [1.29, 1.82) is 5.26 Å². The fraction of sp³-hybridized carbons (Fsp3) is 0.136. The first-order valence-corrected chi connectivity index (χ1v) is 9.47. The molecule has 0 saturated heterocycles. The predicted octanol–water partition coefficient (Wildman–Crippen LogP) is 3.25. The van der Waals surface area contributed by atoms with Crippen LogP contribution in [0.25, 0.3) is 6.08 Å². The molecular weight excluding hydrogens is 448 g/mol. The Kier molecular flexibility index (Phi) is 8.16. The summed E-state index contributed by atoms with van der Waals surface area (Å²) in [5.41, 5.74) is -1.62. The molecule has 12 nitrogen and oxygen atoms in total. The molecule has 12 heteroatoms. The van der Waals surface area contributed by atoms with Crippen molar-refractivity contribution in [2.45, 2.75) is 6.92 Å². The smallest absolute Gasteiger partial charge is 0.344 e. The maximum absolute atomic E-state index is 12.6. The van der Waals surface area contributed by atoms with Crippen LogP contribution in [0.4, 0.5) is 11.4 Å². The van der Waals surface area contributed by atoms with Crippen LogP contribution < -0.4 is 14.8 Å². The number of nitrogens with zero attached hydrogens (tertiary/aromatic N) is 3. The molecule has 0 aliphatic heterocycles. The van der Waals surface area contributed by atoms with Crippen LogP contribution in [0.1, 0.15) is 21.5 Å². The van der Waals surface area contributed by atoms with Crippen molar-refractivity contribution in [3.05, 3.63) is 85.5 Å². The second-order valence-electron chi connectivity index (χ2n) is 6.62. The molecule has 34 heavy (non-hydrogen) atoms. The Bertz CT molecular complexity index is 1230. The molecule has 0 spiro atoms. The van der Waals surface area contributed by atoms with Gasteiger partial charge in [0.2, 0.25) is 0 Å². The number of carbonyl (C=O) groups excluding carboxylic acids is 2. The van der Waals surface area contributed by atoms with E-state index in [4.69, 9.17) is 9.47 Å². The van der Waals surface area contributed by atoms with Crippen LogP contribution >= 0.6 is 0 Å². The van der Waals surface area contributed by atoms with E-state index in [0.717, 1.165) is 12.1 Å². The van der Waals surface area contributed by atoms with Crippen LogP contribution in [0.3, 0.4) is 0 Å². The molecular formula is C22H18N4O8. The zero-order valence-electron chi connectivity index (χ0n) is 18.1. The summed E-state index contributed by atoms with van der Waals surface area (Å²) in [6.07, 6.45) is 2.75. The number of rotatable bonds is 9. The lowest BCUT2D eigenvalue weighted by molar-refractivity contribution is -0.395. The maximum atomic E-state index is 12.6. The first-order valence-electron chi connectivity index (χ1n) is 9.47. The van der Waals surface area contributed by atoms with Gasteiger partial charge in [0.1, 0.15) is 17.2 Å². The first-order chi connectivity index (χ1) is 16.1. The molecule has 1 amide bonds. The van der Waals surface area contributed by atoms with Gasteiger partial charge in [0, 0.05) is 18.7 Å². The van der Waals surface area contributed by atoms with Crippen LogP contribution in [0, 0.1) is 38.5 Å². The van der Waals surface area contributed by atoms with Gasteiger partial charge >= 0.3 is 5.97 Å². The number of esters is 1. The third kappa shape index (κ3) is 5.80. The third-order valence-corrected chi connectivity index (χ3v) is 4.46. The van der Waals surface area contributed by atoms with Crippen LogP contribution in [0.15, 0.2) is 48.6 Å². The Labute approximate surface area is 193 Å². The highest BCUT2D eigenvalue weighted by atomic mass is 16.6. The molecule has 0 atom stereocenters. The number of nitro benzene ring substituents is 2. The van der Waals surface area contributed by atoms with Crippen LogP contribution in [0.5, 0.6) is 11.5 Å². The third-order valence-electron chi connectivity index (χ3n) is 4.46. The van der Waals surface area contributed by atoms with Gasteiger partial charge in [-0.3, -0.25) is 25.0 Å². The van der Waals surface area contributed by atoms with E-state index in [0.29, 0.717) is 5.56 Å². The minimum absolute atomic E-state index is 0.0435. The minimum atomic E-state index is -1.09. The van der Waals surface area contributed by atoms with Crippen LogP contribution in [-0.4, -0.2) is 35.4 Å². The molecule has 0 radical (unpaired) electrons. The number of methoxy groups -OCH3 is 1. The summed E-state index contributed by atoms with van der Waals surface area (Å²) >= 11 is 0. The van der Waals surface area contributed by atoms with Gasteiger partial charge in [-0.1, -0.05) is 12.1 Å². The van der Waals surface area contributed by atoms with Crippen LogP contribution in [-0.2, 0) is 4.79 Å². The number of nitrogens with one attached hydrogen (secondary N) is 1. The normalized spacial score (nSPS) is 10.6. The number of amides is 1. The quantitative estimate of drug-likeness (QED) is 0.111. The van der Waals surface area contributed by atoms with E-state index in [1.165, 1.54) is 44.4 Å². The van der Waals surface area contributed by atoms with Gasteiger partial charge in [-0.25, -0.2) is 4.79 Å². The second kappa shape index (κ2) is 11.0. The lowest BCUT2D eigenvalue weighted by Gasteiger charge is -2.11. The molecule has 1 N–H and O–H groups in total. The van der Waals surface area contributed by atoms with Gasteiger partial charge in [0.05, 0.1) is 22.5 Å². The molecule has 0 heterocycles. The van der Waals surface area contributed by atoms with E-state index in [1.807, 2.05) is 0 Å². The van der Waals surface area contributed by atoms with E-state index < -0.39 is 38.7 Å². The van der Waals surface area contributed by atoms with E-state index in [2.05, 4.69) is 11.9 Å². The number of carbonyl (C=O) groups is 2. The molecule has 0 saturated carbocycles. The molecule has 0 aliphatic carbocycles. The van der Waals surface area contributed by atoms with Crippen molar-refractivity contribution in [2.24, 2.45) is 0 Å². The molecule has 0 fully saturated rings. The highest BCUT2D eigenvalue weighted by Crippen LogP contribution is 2.32. The summed E-state index contributed by atoms with van der Waals surface area (Å²) in [6.45, 7) is 4.84. The average molecular weight is 466 g/mol. The van der Waals surface area contributed by atoms with E-state index >= 15 is 0 Å². The van der Waals surface area contributed by atoms with E-state index in [-0.39, 0.29) is 29.2 Å². The number of nitriles is 1. The SMILES string of the molecule is C=CCNC(=O)/C(C#N)=C/c1ccc(OC(=O)c2cc([N+](=O)[O-])c(C)c([N+](=O)[O-])c2)c(OC)c1.